The number of pyridine rings is 1. The van der Waals surface area contributed by atoms with Gasteiger partial charge in [-0.15, -0.1) is 0 Å². The molecule has 1 amide bonds. The summed E-state index contributed by atoms with van der Waals surface area (Å²) in [5.74, 6) is -0.108. The Morgan fingerprint density at radius 1 is 1.33 bits per heavy atom. The number of amides is 1. The molecule has 1 aliphatic rings. The molecule has 0 bridgehead atoms. The molecule has 3 heterocycles. The van der Waals surface area contributed by atoms with Crippen LogP contribution >= 0.6 is 0 Å². The average molecular weight is 362 g/mol. The molecule has 2 aromatic heterocycles. The maximum atomic E-state index is 12.7. The maximum absolute atomic E-state index is 12.7. The summed E-state index contributed by atoms with van der Waals surface area (Å²) in [5, 5.41) is 12.0. The minimum Gasteiger partial charge on any atom is -0.346 e. The molecular weight excluding hydrogens is 344 g/mol. The Labute approximate surface area is 155 Å². The quantitative estimate of drug-likeness (QED) is 0.568. The second-order valence-corrected chi connectivity index (χ2v) is 6.59. The first-order valence-corrected chi connectivity index (χ1v) is 8.70. The molecule has 136 valence electrons. The number of nitro groups is 1. The van der Waals surface area contributed by atoms with Gasteiger partial charge >= 0.3 is 0 Å². The summed E-state index contributed by atoms with van der Waals surface area (Å²) in [6.07, 6.45) is 6.53. The number of benzene rings is 1. The molecule has 0 saturated carbocycles. The van der Waals surface area contributed by atoms with Crippen LogP contribution in [0.25, 0.3) is 16.6 Å². The van der Waals surface area contributed by atoms with E-state index in [1.165, 1.54) is 17.7 Å². The molecule has 1 N–H and O–H groups in total. The lowest BCUT2D eigenvalue weighted by Crippen LogP contribution is -2.34. The molecule has 7 heteroatoms. The standard InChI is InChI=1S/C20H18N4O3/c1-13-11-15(4-5-18(13)24(26)27)20(25)23-9-6-14(7-10-23)17-12-22-19-16(17)3-2-8-21-19/h2-6,8,11-12H,7,9-10H2,1H3,(H,21,22). The van der Waals surface area contributed by atoms with Gasteiger partial charge in [0.25, 0.3) is 11.6 Å². The maximum Gasteiger partial charge on any atom is 0.272 e. The number of aromatic nitrogens is 2. The van der Waals surface area contributed by atoms with E-state index in [1.54, 1.807) is 24.1 Å². The van der Waals surface area contributed by atoms with Crippen LogP contribution in [0.4, 0.5) is 5.69 Å². The lowest BCUT2D eigenvalue weighted by atomic mass is 9.99. The number of nitrogens with zero attached hydrogens (tertiary/aromatic N) is 3. The van der Waals surface area contributed by atoms with Gasteiger partial charge in [0.2, 0.25) is 0 Å². The Hall–Kier alpha value is -3.48. The zero-order valence-corrected chi connectivity index (χ0v) is 14.8. The van der Waals surface area contributed by atoms with Gasteiger partial charge in [0.1, 0.15) is 5.65 Å². The van der Waals surface area contributed by atoms with Crippen LogP contribution in [0.15, 0.2) is 48.8 Å². The third kappa shape index (κ3) is 3.08. The van der Waals surface area contributed by atoms with Crippen molar-refractivity contribution in [3.63, 3.8) is 0 Å². The van der Waals surface area contributed by atoms with Gasteiger partial charge in [-0.2, -0.15) is 0 Å². The number of nitro benzene ring substituents is 1. The summed E-state index contributed by atoms with van der Waals surface area (Å²) >= 11 is 0. The molecule has 0 fully saturated rings. The fourth-order valence-corrected chi connectivity index (χ4v) is 3.50. The second-order valence-electron chi connectivity index (χ2n) is 6.59. The van der Waals surface area contributed by atoms with Crippen molar-refractivity contribution in [3.05, 3.63) is 75.6 Å². The normalized spacial score (nSPS) is 14.3. The summed E-state index contributed by atoms with van der Waals surface area (Å²) in [7, 11) is 0. The van der Waals surface area contributed by atoms with E-state index >= 15 is 0 Å². The lowest BCUT2D eigenvalue weighted by Gasteiger charge is -2.26. The number of carbonyl (C=O) groups is 1. The topological polar surface area (TPSA) is 92.1 Å². The first-order chi connectivity index (χ1) is 13.0. The number of carbonyl (C=O) groups excluding carboxylic acids is 1. The molecule has 0 spiro atoms. The molecule has 0 radical (unpaired) electrons. The predicted octanol–water partition coefficient (Wildman–Crippen LogP) is 3.71. The zero-order valence-electron chi connectivity index (χ0n) is 14.8. The van der Waals surface area contributed by atoms with Crippen molar-refractivity contribution in [1.29, 1.82) is 0 Å². The van der Waals surface area contributed by atoms with Gasteiger partial charge in [0.15, 0.2) is 0 Å². The van der Waals surface area contributed by atoms with Gasteiger partial charge in [-0.1, -0.05) is 6.08 Å². The summed E-state index contributed by atoms with van der Waals surface area (Å²) in [5.41, 5.74) is 4.17. The Morgan fingerprint density at radius 3 is 2.89 bits per heavy atom. The number of nitrogens with one attached hydrogen (secondary N) is 1. The smallest absolute Gasteiger partial charge is 0.272 e. The summed E-state index contributed by atoms with van der Waals surface area (Å²) in [6, 6.07) is 8.46. The van der Waals surface area contributed by atoms with Crippen LogP contribution in [0, 0.1) is 17.0 Å². The molecule has 27 heavy (non-hydrogen) atoms. The Balaban J connectivity index is 1.54. The summed E-state index contributed by atoms with van der Waals surface area (Å²) in [6.45, 7) is 2.76. The van der Waals surface area contributed by atoms with E-state index in [1.807, 2.05) is 18.3 Å². The third-order valence-corrected chi connectivity index (χ3v) is 4.93. The molecule has 0 aliphatic carbocycles. The van der Waals surface area contributed by atoms with Gasteiger partial charge in [0.05, 0.1) is 4.92 Å². The lowest BCUT2D eigenvalue weighted by molar-refractivity contribution is -0.385. The fourth-order valence-electron chi connectivity index (χ4n) is 3.50. The number of aryl methyl sites for hydroxylation is 1. The van der Waals surface area contributed by atoms with E-state index in [2.05, 4.69) is 16.0 Å². The van der Waals surface area contributed by atoms with Crippen LogP contribution in [-0.4, -0.2) is 38.8 Å². The molecule has 1 aromatic carbocycles. The number of aromatic amines is 1. The van der Waals surface area contributed by atoms with E-state index in [4.69, 9.17) is 0 Å². The molecule has 1 aliphatic heterocycles. The van der Waals surface area contributed by atoms with E-state index < -0.39 is 4.92 Å². The van der Waals surface area contributed by atoms with Crippen molar-refractivity contribution >= 4 is 28.2 Å². The van der Waals surface area contributed by atoms with Crippen LogP contribution in [0.1, 0.15) is 27.9 Å². The number of H-pyrrole nitrogens is 1. The number of hydrogen-bond acceptors (Lipinski definition) is 4. The number of fused-ring (bicyclic) bond motifs is 1. The Kier molecular flexibility index (Phi) is 4.19. The summed E-state index contributed by atoms with van der Waals surface area (Å²) < 4.78 is 0. The largest absolute Gasteiger partial charge is 0.346 e. The van der Waals surface area contributed by atoms with Gasteiger partial charge in [-0.3, -0.25) is 14.9 Å². The van der Waals surface area contributed by atoms with Crippen LogP contribution in [0.2, 0.25) is 0 Å². The van der Waals surface area contributed by atoms with Crippen LogP contribution in [0.5, 0.6) is 0 Å². The van der Waals surface area contributed by atoms with Crippen molar-refractivity contribution in [1.82, 2.24) is 14.9 Å². The van der Waals surface area contributed by atoms with Crippen LogP contribution < -0.4 is 0 Å². The van der Waals surface area contributed by atoms with E-state index in [0.717, 1.165) is 23.0 Å². The molecule has 0 atom stereocenters. The van der Waals surface area contributed by atoms with E-state index in [-0.39, 0.29) is 11.6 Å². The van der Waals surface area contributed by atoms with Crippen molar-refractivity contribution in [3.8, 4) is 0 Å². The van der Waals surface area contributed by atoms with Gasteiger partial charge in [0, 0.05) is 53.6 Å². The van der Waals surface area contributed by atoms with Crippen LogP contribution in [0.3, 0.4) is 0 Å². The molecular formula is C20H18N4O3. The zero-order chi connectivity index (χ0) is 19.0. The molecule has 0 unspecified atom stereocenters. The fraction of sp³-hybridized carbons (Fsp3) is 0.200. The van der Waals surface area contributed by atoms with Gasteiger partial charge in [-0.25, -0.2) is 4.98 Å². The SMILES string of the molecule is Cc1cc(C(=O)N2CC=C(c3c[nH]c4ncccc34)CC2)ccc1[N+](=O)[O-]. The van der Waals surface area contributed by atoms with Crippen LogP contribution in [-0.2, 0) is 0 Å². The predicted molar refractivity (Wildman–Crippen MR) is 102 cm³/mol. The Morgan fingerprint density at radius 2 is 2.19 bits per heavy atom. The number of rotatable bonds is 3. The van der Waals surface area contributed by atoms with Crippen molar-refractivity contribution in [2.75, 3.05) is 13.1 Å². The van der Waals surface area contributed by atoms with E-state index in [9.17, 15) is 14.9 Å². The minimum atomic E-state index is -0.435. The first-order valence-electron chi connectivity index (χ1n) is 8.70. The van der Waals surface area contributed by atoms with Crippen molar-refractivity contribution < 1.29 is 9.72 Å². The second kappa shape index (κ2) is 6.68. The highest BCUT2D eigenvalue weighted by atomic mass is 16.6. The van der Waals surface area contributed by atoms with Gasteiger partial charge in [-0.05, 0) is 43.2 Å². The highest BCUT2D eigenvalue weighted by molar-refractivity contribution is 5.96. The monoisotopic (exact) mass is 362 g/mol. The molecule has 0 saturated heterocycles. The highest BCUT2D eigenvalue weighted by Crippen LogP contribution is 2.29. The average Bonchev–Trinajstić information content (AvgIpc) is 3.11. The van der Waals surface area contributed by atoms with Gasteiger partial charge < -0.3 is 9.88 Å². The van der Waals surface area contributed by atoms with Crippen molar-refractivity contribution in [2.24, 2.45) is 0 Å². The highest BCUT2D eigenvalue weighted by Gasteiger charge is 2.22. The minimum absolute atomic E-state index is 0.0281. The first kappa shape index (κ1) is 17.0. The third-order valence-electron chi connectivity index (χ3n) is 4.93. The molecule has 3 aromatic rings. The molecule has 7 nitrogen and oxygen atoms in total. The number of hydrogen-bond donors (Lipinski definition) is 1. The van der Waals surface area contributed by atoms with E-state index in [0.29, 0.717) is 24.2 Å². The summed E-state index contributed by atoms with van der Waals surface area (Å²) in [4.78, 5) is 32.5. The molecule has 4 rings (SSSR count). The Bertz CT molecular complexity index is 1080. The van der Waals surface area contributed by atoms with Crippen molar-refractivity contribution in [2.45, 2.75) is 13.3 Å².